The molecule has 0 fully saturated rings. The summed E-state index contributed by atoms with van der Waals surface area (Å²) in [5.74, 6) is -0.818. The minimum atomic E-state index is -0.442. The Morgan fingerprint density at radius 3 is 2.45 bits per heavy atom. The van der Waals surface area contributed by atoms with Gasteiger partial charge in [0.1, 0.15) is 5.82 Å². The van der Waals surface area contributed by atoms with Crippen molar-refractivity contribution in [3.63, 3.8) is 0 Å². The Labute approximate surface area is 175 Å². The summed E-state index contributed by atoms with van der Waals surface area (Å²) in [6.45, 7) is 3.19. The predicted molar refractivity (Wildman–Crippen MR) is 114 cm³/mol. The van der Waals surface area contributed by atoms with Gasteiger partial charge in [-0.1, -0.05) is 35.2 Å². The van der Waals surface area contributed by atoms with Crippen molar-refractivity contribution < 1.29 is 14.0 Å². The van der Waals surface area contributed by atoms with E-state index in [0.717, 1.165) is 5.69 Å². The number of anilines is 4. The first-order valence-electron chi connectivity index (χ1n) is 8.60. The van der Waals surface area contributed by atoms with Crippen molar-refractivity contribution in [1.29, 1.82) is 0 Å². The first kappa shape index (κ1) is 20.7. The van der Waals surface area contributed by atoms with Gasteiger partial charge < -0.3 is 16.0 Å². The molecule has 0 saturated carbocycles. The van der Waals surface area contributed by atoms with E-state index in [1.54, 1.807) is 25.1 Å². The van der Waals surface area contributed by atoms with Crippen LogP contribution >= 0.6 is 23.1 Å². The van der Waals surface area contributed by atoms with E-state index in [1.807, 2.05) is 12.1 Å². The van der Waals surface area contributed by atoms with E-state index in [-0.39, 0.29) is 11.8 Å². The Morgan fingerprint density at radius 2 is 1.72 bits per heavy atom. The second-order valence-corrected chi connectivity index (χ2v) is 8.59. The van der Waals surface area contributed by atoms with Crippen LogP contribution in [0.2, 0.25) is 0 Å². The fourth-order valence-electron chi connectivity index (χ4n) is 2.32. The van der Waals surface area contributed by atoms with Gasteiger partial charge in [0.15, 0.2) is 4.34 Å². The molecule has 2 aromatic carbocycles. The normalized spacial score (nSPS) is 11.6. The highest BCUT2D eigenvalue weighted by Gasteiger charge is 2.17. The quantitative estimate of drug-likeness (QED) is 0.477. The lowest BCUT2D eigenvalue weighted by Crippen LogP contribution is -2.22. The zero-order valence-electron chi connectivity index (χ0n) is 15.6. The van der Waals surface area contributed by atoms with Crippen molar-refractivity contribution >= 4 is 57.1 Å². The number of aromatic nitrogens is 2. The summed E-state index contributed by atoms with van der Waals surface area (Å²) in [4.78, 5) is 23.5. The summed E-state index contributed by atoms with van der Waals surface area (Å²) in [5.41, 5.74) is 1.83. The minimum absolute atomic E-state index is 0.151. The summed E-state index contributed by atoms with van der Waals surface area (Å²) < 4.78 is 13.9. The fourth-order valence-corrected chi connectivity index (χ4v) is 4.24. The molecule has 1 unspecified atom stereocenters. The van der Waals surface area contributed by atoms with Gasteiger partial charge in [0.25, 0.3) is 0 Å². The first-order chi connectivity index (χ1) is 13.9. The number of nitrogens with zero attached hydrogens (tertiary/aromatic N) is 2. The van der Waals surface area contributed by atoms with Gasteiger partial charge in [-0.25, -0.2) is 4.39 Å². The molecule has 3 N–H and O–H groups in total. The molecular weight excluding hydrogens is 413 g/mol. The fraction of sp³-hybridized carbons (Fsp3) is 0.158. The molecule has 150 valence electrons. The van der Waals surface area contributed by atoms with Gasteiger partial charge in [0.05, 0.1) is 5.25 Å². The van der Waals surface area contributed by atoms with Crippen molar-refractivity contribution in [1.82, 2.24) is 10.2 Å². The third-order valence-corrected chi connectivity index (χ3v) is 5.60. The van der Waals surface area contributed by atoms with Crippen LogP contribution in [0.1, 0.15) is 13.8 Å². The Balaban J connectivity index is 1.58. The number of carbonyl (C=O) groups is 2. The molecule has 3 rings (SSSR count). The Bertz CT molecular complexity index is 1030. The SMILES string of the molecule is CC(=O)Nc1cccc(Nc2nnc(SC(C)C(=O)Nc3cccc(F)c3)s2)c1. The maximum absolute atomic E-state index is 13.2. The molecule has 10 heteroatoms. The molecule has 1 aromatic heterocycles. The number of amides is 2. The van der Waals surface area contributed by atoms with Crippen LogP contribution < -0.4 is 16.0 Å². The standard InChI is InChI=1S/C19H18FN5O2S2/c1-11(17(27)22-14-6-3-5-13(20)9-14)28-19-25-24-18(29-19)23-16-8-4-7-15(10-16)21-12(2)26/h3-11H,1-2H3,(H,21,26)(H,22,27)(H,23,24). The number of nitrogens with one attached hydrogen (secondary N) is 3. The summed E-state index contributed by atoms with van der Waals surface area (Å²) in [7, 11) is 0. The van der Waals surface area contributed by atoms with Crippen LogP contribution in [0.15, 0.2) is 52.9 Å². The van der Waals surface area contributed by atoms with Gasteiger partial charge >= 0.3 is 0 Å². The van der Waals surface area contributed by atoms with Crippen molar-refractivity contribution in [3.8, 4) is 0 Å². The van der Waals surface area contributed by atoms with Gasteiger partial charge in [-0.15, -0.1) is 10.2 Å². The first-order valence-corrected chi connectivity index (χ1v) is 10.3. The Morgan fingerprint density at radius 1 is 1.03 bits per heavy atom. The summed E-state index contributed by atoms with van der Waals surface area (Å²) >= 11 is 2.56. The van der Waals surface area contributed by atoms with E-state index in [1.165, 1.54) is 48.2 Å². The maximum Gasteiger partial charge on any atom is 0.237 e. The number of hydrogen-bond donors (Lipinski definition) is 3. The number of rotatable bonds is 7. The Hall–Kier alpha value is -2.98. The lowest BCUT2D eigenvalue weighted by molar-refractivity contribution is -0.115. The average Bonchev–Trinajstić information content (AvgIpc) is 3.08. The van der Waals surface area contributed by atoms with Gasteiger partial charge in [0.2, 0.25) is 16.9 Å². The van der Waals surface area contributed by atoms with Crippen LogP contribution in [0.3, 0.4) is 0 Å². The second kappa shape index (κ2) is 9.48. The average molecular weight is 432 g/mol. The highest BCUT2D eigenvalue weighted by molar-refractivity contribution is 8.02. The number of benzene rings is 2. The highest BCUT2D eigenvalue weighted by atomic mass is 32.2. The number of thioether (sulfide) groups is 1. The van der Waals surface area contributed by atoms with E-state index >= 15 is 0 Å². The molecule has 7 nitrogen and oxygen atoms in total. The maximum atomic E-state index is 13.2. The van der Waals surface area contributed by atoms with E-state index in [9.17, 15) is 14.0 Å². The van der Waals surface area contributed by atoms with Crippen molar-refractivity contribution in [2.24, 2.45) is 0 Å². The molecule has 0 spiro atoms. The third-order valence-electron chi connectivity index (χ3n) is 3.58. The molecule has 0 aliphatic heterocycles. The van der Waals surface area contributed by atoms with Crippen molar-refractivity contribution in [3.05, 3.63) is 54.3 Å². The van der Waals surface area contributed by atoms with Crippen molar-refractivity contribution in [2.45, 2.75) is 23.4 Å². The van der Waals surface area contributed by atoms with Crippen molar-refractivity contribution in [2.75, 3.05) is 16.0 Å². The lowest BCUT2D eigenvalue weighted by atomic mass is 10.3. The molecule has 29 heavy (non-hydrogen) atoms. The summed E-state index contributed by atoms with van der Waals surface area (Å²) in [5, 5.41) is 16.8. The summed E-state index contributed by atoms with van der Waals surface area (Å²) in [6.07, 6.45) is 0. The molecular formula is C19H18FN5O2S2. The molecule has 3 aromatic rings. The number of halogens is 1. The molecule has 0 bridgehead atoms. The minimum Gasteiger partial charge on any atom is -0.330 e. The molecule has 0 saturated heterocycles. The molecule has 0 radical (unpaired) electrons. The smallest absolute Gasteiger partial charge is 0.237 e. The second-order valence-electron chi connectivity index (χ2n) is 6.02. The van der Waals surface area contributed by atoms with E-state index in [2.05, 4.69) is 26.1 Å². The lowest BCUT2D eigenvalue weighted by Gasteiger charge is -2.10. The topological polar surface area (TPSA) is 96.0 Å². The molecule has 2 amide bonds. The van der Waals surface area contributed by atoms with Crippen LogP contribution in [0.25, 0.3) is 0 Å². The Kier molecular flexibility index (Phi) is 6.78. The molecule has 1 heterocycles. The largest absolute Gasteiger partial charge is 0.330 e. The van der Waals surface area contributed by atoms with Gasteiger partial charge in [-0.05, 0) is 43.3 Å². The zero-order chi connectivity index (χ0) is 20.8. The third kappa shape index (κ3) is 6.26. The zero-order valence-corrected chi connectivity index (χ0v) is 17.2. The highest BCUT2D eigenvalue weighted by Crippen LogP contribution is 2.31. The van der Waals surface area contributed by atoms with Crippen LogP contribution in [0, 0.1) is 5.82 Å². The number of carbonyl (C=O) groups excluding carboxylic acids is 2. The van der Waals surface area contributed by atoms with Gasteiger partial charge in [-0.3, -0.25) is 9.59 Å². The van der Waals surface area contributed by atoms with E-state index < -0.39 is 11.1 Å². The van der Waals surface area contributed by atoms with Crippen LogP contribution in [0.4, 0.5) is 26.6 Å². The number of hydrogen-bond acceptors (Lipinski definition) is 7. The van der Waals surface area contributed by atoms with E-state index in [4.69, 9.17) is 0 Å². The van der Waals surface area contributed by atoms with E-state index in [0.29, 0.717) is 20.8 Å². The monoisotopic (exact) mass is 431 g/mol. The summed E-state index contributed by atoms with van der Waals surface area (Å²) in [6, 6.07) is 13.0. The van der Waals surface area contributed by atoms with Gasteiger partial charge in [0, 0.05) is 24.0 Å². The van der Waals surface area contributed by atoms with Crippen LogP contribution in [0.5, 0.6) is 0 Å². The van der Waals surface area contributed by atoms with Crippen LogP contribution in [-0.4, -0.2) is 27.3 Å². The predicted octanol–water partition coefficient (Wildman–Crippen LogP) is 4.50. The van der Waals surface area contributed by atoms with Gasteiger partial charge in [-0.2, -0.15) is 0 Å². The molecule has 0 aliphatic rings. The molecule has 0 aliphatic carbocycles. The molecule has 1 atom stereocenters. The van der Waals surface area contributed by atoms with Crippen LogP contribution in [-0.2, 0) is 9.59 Å².